The van der Waals surface area contributed by atoms with Crippen molar-refractivity contribution < 1.29 is 0 Å². The Hall–Kier alpha value is -1.61. The van der Waals surface area contributed by atoms with Gasteiger partial charge in [0.15, 0.2) is 0 Å². The number of benzene rings is 1. The first-order chi connectivity index (χ1) is 10.1. The lowest BCUT2D eigenvalue weighted by Gasteiger charge is -2.12. The van der Waals surface area contributed by atoms with Gasteiger partial charge in [-0.1, -0.05) is 38.1 Å². The molecule has 1 aliphatic carbocycles. The van der Waals surface area contributed by atoms with Gasteiger partial charge in [0, 0.05) is 29.8 Å². The van der Waals surface area contributed by atoms with E-state index in [0.717, 1.165) is 19.0 Å². The smallest absolute Gasteiger partial charge is 0.0665 e. The Morgan fingerprint density at radius 2 is 2.00 bits per heavy atom. The molecule has 1 aromatic heterocycles. The molecule has 3 nitrogen and oxygen atoms in total. The second-order valence-corrected chi connectivity index (χ2v) is 6.45. The second-order valence-electron chi connectivity index (χ2n) is 6.45. The van der Waals surface area contributed by atoms with E-state index in [9.17, 15) is 0 Å². The molecule has 1 N–H and O–H groups in total. The Morgan fingerprint density at radius 1 is 1.24 bits per heavy atom. The van der Waals surface area contributed by atoms with Crippen LogP contribution < -0.4 is 5.32 Å². The van der Waals surface area contributed by atoms with Crippen LogP contribution in [-0.2, 0) is 13.1 Å². The van der Waals surface area contributed by atoms with E-state index in [1.54, 1.807) is 0 Å². The second kappa shape index (κ2) is 6.02. The van der Waals surface area contributed by atoms with Gasteiger partial charge >= 0.3 is 0 Å². The summed E-state index contributed by atoms with van der Waals surface area (Å²) in [6.07, 6.45) is 4.68. The molecule has 1 saturated carbocycles. The van der Waals surface area contributed by atoms with Crippen LogP contribution in [0.2, 0.25) is 0 Å². The number of hydrogen-bond donors (Lipinski definition) is 1. The molecule has 0 unspecified atom stereocenters. The van der Waals surface area contributed by atoms with Crippen molar-refractivity contribution >= 4 is 0 Å². The summed E-state index contributed by atoms with van der Waals surface area (Å²) in [6, 6.07) is 9.11. The van der Waals surface area contributed by atoms with Crippen LogP contribution in [0.15, 0.2) is 30.5 Å². The van der Waals surface area contributed by atoms with Crippen molar-refractivity contribution in [2.24, 2.45) is 0 Å². The van der Waals surface area contributed by atoms with Gasteiger partial charge in [-0.05, 0) is 30.9 Å². The summed E-state index contributed by atoms with van der Waals surface area (Å²) in [5.74, 6) is 0.723. The molecule has 2 aromatic rings. The number of hydrogen-bond acceptors (Lipinski definition) is 2. The first kappa shape index (κ1) is 14.3. The van der Waals surface area contributed by atoms with E-state index < -0.39 is 0 Å². The maximum Gasteiger partial charge on any atom is 0.0665 e. The van der Waals surface area contributed by atoms with Crippen LogP contribution in [0.5, 0.6) is 0 Å². The van der Waals surface area contributed by atoms with Gasteiger partial charge in [-0.25, -0.2) is 0 Å². The minimum atomic E-state index is 0.511. The zero-order chi connectivity index (χ0) is 14.8. The highest BCUT2D eigenvalue weighted by Gasteiger charge is 2.30. The van der Waals surface area contributed by atoms with E-state index in [1.807, 2.05) is 0 Å². The molecule has 0 aliphatic heterocycles. The summed E-state index contributed by atoms with van der Waals surface area (Å²) in [5.41, 5.74) is 5.54. The molecule has 0 saturated heterocycles. The molecule has 3 rings (SSSR count). The molecule has 1 heterocycles. The topological polar surface area (TPSA) is 29.9 Å². The summed E-state index contributed by atoms with van der Waals surface area (Å²) in [5, 5.41) is 8.19. The van der Waals surface area contributed by atoms with Crippen LogP contribution in [0.4, 0.5) is 0 Å². The van der Waals surface area contributed by atoms with E-state index in [0.29, 0.717) is 6.04 Å². The van der Waals surface area contributed by atoms with Crippen LogP contribution in [0.1, 0.15) is 55.0 Å². The predicted molar refractivity (Wildman–Crippen MR) is 86.5 cm³/mol. The van der Waals surface area contributed by atoms with Gasteiger partial charge in [0.05, 0.1) is 12.7 Å². The molecule has 0 bridgehead atoms. The number of nitrogens with zero attached hydrogens (tertiary/aromatic N) is 2. The molecule has 0 spiro atoms. The Labute approximate surface area is 127 Å². The fourth-order valence-corrected chi connectivity index (χ4v) is 2.79. The van der Waals surface area contributed by atoms with E-state index in [1.165, 1.54) is 35.2 Å². The standard InChI is InChI=1S/C18H25N3/c1-13(2)19-10-17-11-20-21(18(17)15-8-9-15)12-16-7-5-4-6-14(16)3/h4-7,11,13,15,19H,8-10,12H2,1-3H3. The molecule has 0 atom stereocenters. The van der Waals surface area contributed by atoms with Crippen LogP contribution >= 0.6 is 0 Å². The minimum Gasteiger partial charge on any atom is -0.310 e. The first-order valence-electron chi connectivity index (χ1n) is 7.97. The molecule has 21 heavy (non-hydrogen) atoms. The maximum absolute atomic E-state index is 4.67. The van der Waals surface area contributed by atoms with Gasteiger partial charge in [-0.15, -0.1) is 0 Å². The van der Waals surface area contributed by atoms with Crippen molar-refractivity contribution in [3.05, 3.63) is 52.8 Å². The minimum absolute atomic E-state index is 0.511. The van der Waals surface area contributed by atoms with Gasteiger partial charge in [0.2, 0.25) is 0 Å². The zero-order valence-electron chi connectivity index (χ0n) is 13.3. The van der Waals surface area contributed by atoms with E-state index in [2.05, 4.69) is 66.3 Å². The van der Waals surface area contributed by atoms with Crippen LogP contribution in [0, 0.1) is 6.92 Å². The van der Waals surface area contributed by atoms with Crippen molar-refractivity contribution in [3.63, 3.8) is 0 Å². The number of aryl methyl sites for hydroxylation is 1. The van der Waals surface area contributed by atoms with E-state index in [4.69, 9.17) is 0 Å². The lowest BCUT2D eigenvalue weighted by molar-refractivity contribution is 0.581. The van der Waals surface area contributed by atoms with Gasteiger partial charge < -0.3 is 5.32 Å². The molecular formula is C18H25N3. The SMILES string of the molecule is Cc1ccccc1Cn1ncc(CNC(C)C)c1C1CC1. The Balaban J connectivity index is 1.83. The summed E-state index contributed by atoms with van der Waals surface area (Å²) in [7, 11) is 0. The summed E-state index contributed by atoms with van der Waals surface area (Å²) in [4.78, 5) is 0. The number of rotatable bonds is 6. The summed E-state index contributed by atoms with van der Waals surface area (Å²) < 4.78 is 2.22. The van der Waals surface area contributed by atoms with Crippen LogP contribution in [0.25, 0.3) is 0 Å². The quantitative estimate of drug-likeness (QED) is 0.877. The first-order valence-corrected chi connectivity index (χ1v) is 7.97. The average Bonchev–Trinajstić information content (AvgIpc) is 3.21. The van der Waals surface area contributed by atoms with Crippen molar-refractivity contribution in [1.82, 2.24) is 15.1 Å². The highest BCUT2D eigenvalue weighted by molar-refractivity contribution is 5.29. The predicted octanol–water partition coefficient (Wildman–Crippen LogP) is 3.62. The fourth-order valence-electron chi connectivity index (χ4n) is 2.79. The van der Waals surface area contributed by atoms with Crippen LogP contribution in [-0.4, -0.2) is 15.8 Å². The third kappa shape index (κ3) is 3.35. The molecule has 0 radical (unpaired) electrons. The Morgan fingerprint density at radius 3 is 2.67 bits per heavy atom. The summed E-state index contributed by atoms with van der Waals surface area (Å²) >= 11 is 0. The van der Waals surface area contributed by atoms with E-state index in [-0.39, 0.29) is 0 Å². The van der Waals surface area contributed by atoms with Crippen molar-refractivity contribution in [2.75, 3.05) is 0 Å². The molecule has 1 fully saturated rings. The molecule has 0 amide bonds. The lowest BCUT2D eigenvalue weighted by Crippen LogP contribution is -2.22. The molecule has 1 aromatic carbocycles. The summed E-state index contributed by atoms with van der Waals surface area (Å²) in [6.45, 7) is 8.37. The van der Waals surface area contributed by atoms with Gasteiger partial charge in [-0.3, -0.25) is 4.68 Å². The molecular weight excluding hydrogens is 258 g/mol. The fraction of sp³-hybridized carbons (Fsp3) is 0.500. The van der Waals surface area contributed by atoms with Crippen molar-refractivity contribution in [1.29, 1.82) is 0 Å². The lowest BCUT2D eigenvalue weighted by atomic mass is 10.1. The number of nitrogens with one attached hydrogen (secondary N) is 1. The van der Waals surface area contributed by atoms with E-state index >= 15 is 0 Å². The van der Waals surface area contributed by atoms with Gasteiger partial charge in [-0.2, -0.15) is 5.10 Å². The third-order valence-corrected chi connectivity index (χ3v) is 4.21. The Kier molecular flexibility index (Phi) is 4.11. The molecule has 112 valence electrons. The largest absolute Gasteiger partial charge is 0.310 e. The zero-order valence-corrected chi connectivity index (χ0v) is 13.3. The molecule has 3 heteroatoms. The maximum atomic E-state index is 4.67. The monoisotopic (exact) mass is 283 g/mol. The molecule has 1 aliphatic rings. The third-order valence-electron chi connectivity index (χ3n) is 4.21. The van der Waals surface area contributed by atoms with Crippen molar-refractivity contribution in [2.45, 2.75) is 58.7 Å². The highest BCUT2D eigenvalue weighted by Crippen LogP contribution is 2.41. The normalized spacial score (nSPS) is 14.9. The van der Waals surface area contributed by atoms with Crippen molar-refractivity contribution in [3.8, 4) is 0 Å². The Bertz CT molecular complexity index is 609. The van der Waals surface area contributed by atoms with Gasteiger partial charge in [0.1, 0.15) is 0 Å². The number of aromatic nitrogens is 2. The van der Waals surface area contributed by atoms with Crippen LogP contribution in [0.3, 0.4) is 0 Å². The highest BCUT2D eigenvalue weighted by atomic mass is 15.3. The average molecular weight is 283 g/mol. The van der Waals surface area contributed by atoms with Gasteiger partial charge in [0.25, 0.3) is 0 Å².